The van der Waals surface area contributed by atoms with Gasteiger partial charge in [0, 0.05) is 24.1 Å². The van der Waals surface area contributed by atoms with Gasteiger partial charge < -0.3 is 10.1 Å². The second kappa shape index (κ2) is 5.07. The van der Waals surface area contributed by atoms with Crippen LogP contribution < -0.4 is 10.1 Å². The van der Waals surface area contributed by atoms with E-state index in [9.17, 15) is 0 Å². The predicted octanol–water partition coefficient (Wildman–Crippen LogP) is 3.50. The van der Waals surface area contributed by atoms with E-state index in [0.717, 1.165) is 11.4 Å². The summed E-state index contributed by atoms with van der Waals surface area (Å²) in [4.78, 5) is 3.94. The van der Waals surface area contributed by atoms with Crippen molar-refractivity contribution in [2.75, 3.05) is 12.4 Å². The van der Waals surface area contributed by atoms with Crippen molar-refractivity contribution in [3.63, 3.8) is 0 Å². The predicted molar refractivity (Wildman–Crippen MR) is 65.3 cm³/mol. The zero-order valence-corrected chi connectivity index (χ0v) is 9.34. The highest BCUT2D eigenvalue weighted by Gasteiger charge is 2.03. The number of nitrogens with one attached hydrogen (secondary N) is 2. The number of pyridine rings is 1. The summed E-state index contributed by atoms with van der Waals surface area (Å²) in [6, 6.07) is 9.04. The summed E-state index contributed by atoms with van der Waals surface area (Å²) in [5, 5.41) is 6.63. The summed E-state index contributed by atoms with van der Waals surface area (Å²) in [5.74, 6) is 0.677. The number of aromatic nitrogens is 1. The lowest BCUT2D eigenvalue weighted by Crippen LogP contribution is -1.91. The van der Waals surface area contributed by atoms with Gasteiger partial charge in [-0.3, -0.25) is 4.98 Å². The monoisotopic (exact) mass is 228 g/mol. The summed E-state index contributed by atoms with van der Waals surface area (Å²) >= 11 is 0. The van der Waals surface area contributed by atoms with Crippen molar-refractivity contribution in [3.05, 3.63) is 42.7 Å². The zero-order chi connectivity index (χ0) is 12.1. The largest absolute Gasteiger partial charge is 0.497 e. The highest BCUT2D eigenvalue weighted by Crippen LogP contribution is 2.31. The van der Waals surface area contributed by atoms with E-state index in [2.05, 4.69) is 15.4 Å². The molecule has 5 heteroatoms. The molecule has 5 nitrogen and oxygen atoms in total. The van der Waals surface area contributed by atoms with Gasteiger partial charge in [-0.25, -0.2) is 5.53 Å². The molecule has 17 heavy (non-hydrogen) atoms. The first kappa shape index (κ1) is 11.1. The minimum absolute atomic E-state index is 0.529. The topological polar surface area (TPSA) is 70.4 Å². The lowest BCUT2D eigenvalue weighted by molar-refractivity contribution is 0.415. The molecule has 1 aromatic carbocycles. The van der Waals surface area contributed by atoms with Crippen molar-refractivity contribution in [3.8, 4) is 5.75 Å². The maximum atomic E-state index is 7.14. The number of anilines is 2. The molecule has 0 aliphatic carbocycles. The smallest absolute Gasteiger partial charge is 0.121 e. The van der Waals surface area contributed by atoms with E-state index in [1.165, 1.54) is 0 Å². The molecule has 2 N–H and O–H groups in total. The highest BCUT2D eigenvalue weighted by molar-refractivity contribution is 5.72. The van der Waals surface area contributed by atoms with E-state index in [4.69, 9.17) is 10.3 Å². The Hall–Kier alpha value is -2.43. The number of ether oxygens (including phenoxy) is 1. The fourth-order valence-corrected chi connectivity index (χ4v) is 1.43. The van der Waals surface area contributed by atoms with Gasteiger partial charge in [0.05, 0.1) is 12.8 Å². The maximum Gasteiger partial charge on any atom is 0.121 e. The number of benzene rings is 1. The molecule has 0 amide bonds. The molecule has 0 fully saturated rings. The molecule has 0 saturated carbocycles. The molecular weight excluding hydrogens is 216 g/mol. The van der Waals surface area contributed by atoms with Crippen LogP contribution in [0.25, 0.3) is 0 Å². The SMILES string of the molecule is COc1ccc(Nc2ccncc2)c(N=N)c1. The van der Waals surface area contributed by atoms with Crippen molar-refractivity contribution < 1.29 is 4.74 Å². The van der Waals surface area contributed by atoms with Crippen LogP contribution >= 0.6 is 0 Å². The van der Waals surface area contributed by atoms with Crippen molar-refractivity contribution in [2.24, 2.45) is 5.11 Å². The first-order valence-electron chi connectivity index (χ1n) is 5.06. The Morgan fingerprint density at radius 3 is 2.65 bits per heavy atom. The molecule has 0 aliphatic heterocycles. The van der Waals surface area contributed by atoms with Gasteiger partial charge in [0.1, 0.15) is 11.4 Å². The maximum absolute atomic E-state index is 7.14. The summed E-state index contributed by atoms with van der Waals surface area (Å²) in [7, 11) is 1.58. The molecule has 1 aromatic heterocycles. The zero-order valence-electron chi connectivity index (χ0n) is 9.34. The van der Waals surface area contributed by atoms with E-state index in [1.54, 1.807) is 25.6 Å². The Morgan fingerprint density at radius 2 is 2.00 bits per heavy atom. The molecule has 0 radical (unpaired) electrons. The van der Waals surface area contributed by atoms with Gasteiger partial charge in [-0.1, -0.05) is 0 Å². The number of nitrogens with zero attached hydrogens (tertiary/aromatic N) is 2. The van der Waals surface area contributed by atoms with E-state index in [0.29, 0.717) is 11.4 Å². The van der Waals surface area contributed by atoms with Crippen LogP contribution in [0.3, 0.4) is 0 Å². The van der Waals surface area contributed by atoms with Gasteiger partial charge in [0.15, 0.2) is 0 Å². The van der Waals surface area contributed by atoms with E-state index in [-0.39, 0.29) is 0 Å². The van der Waals surface area contributed by atoms with Gasteiger partial charge in [-0.05, 0) is 24.3 Å². The Kier molecular flexibility index (Phi) is 3.30. The molecule has 0 bridgehead atoms. The van der Waals surface area contributed by atoms with E-state index >= 15 is 0 Å². The van der Waals surface area contributed by atoms with E-state index in [1.807, 2.05) is 24.3 Å². The van der Waals surface area contributed by atoms with Crippen LogP contribution in [0.2, 0.25) is 0 Å². The Morgan fingerprint density at radius 1 is 1.24 bits per heavy atom. The lowest BCUT2D eigenvalue weighted by Gasteiger charge is -2.09. The standard InChI is InChI=1S/C12H12N4O/c1-17-10-2-3-11(12(8-10)16-13)15-9-4-6-14-7-5-9/h2-8,13H,1H3,(H,14,15). The summed E-state index contributed by atoms with van der Waals surface area (Å²) in [5.41, 5.74) is 9.32. The van der Waals surface area contributed by atoms with Crippen molar-refractivity contribution >= 4 is 17.1 Å². The number of hydrogen-bond acceptors (Lipinski definition) is 5. The van der Waals surface area contributed by atoms with Crippen LogP contribution in [-0.2, 0) is 0 Å². The second-order valence-corrected chi connectivity index (χ2v) is 3.36. The van der Waals surface area contributed by atoms with Gasteiger partial charge in [0.2, 0.25) is 0 Å². The van der Waals surface area contributed by atoms with Gasteiger partial charge in [-0.15, -0.1) is 0 Å². The summed E-state index contributed by atoms with van der Waals surface area (Å²) in [6.45, 7) is 0. The van der Waals surface area contributed by atoms with Crippen LogP contribution in [0.1, 0.15) is 0 Å². The van der Waals surface area contributed by atoms with Gasteiger partial charge in [-0.2, -0.15) is 5.11 Å². The van der Waals surface area contributed by atoms with Crippen LogP contribution in [0.15, 0.2) is 47.8 Å². The molecule has 2 rings (SSSR count). The Bertz CT molecular complexity index is 513. The average molecular weight is 228 g/mol. The first-order chi connectivity index (χ1) is 8.33. The lowest BCUT2D eigenvalue weighted by atomic mass is 10.2. The Labute approximate surface area is 99.0 Å². The van der Waals surface area contributed by atoms with E-state index < -0.39 is 0 Å². The minimum atomic E-state index is 0.529. The minimum Gasteiger partial charge on any atom is -0.497 e. The molecule has 0 aliphatic rings. The third kappa shape index (κ3) is 2.57. The fraction of sp³-hybridized carbons (Fsp3) is 0.0833. The molecule has 0 saturated heterocycles. The molecule has 1 heterocycles. The van der Waals surface area contributed by atoms with Crippen LogP contribution in [0, 0.1) is 5.53 Å². The molecule has 2 aromatic rings. The molecule has 86 valence electrons. The molecule has 0 atom stereocenters. The van der Waals surface area contributed by atoms with Crippen molar-refractivity contribution in [1.82, 2.24) is 4.98 Å². The van der Waals surface area contributed by atoms with Gasteiger partial charge in [0.25, 0.3) is 0 Å². The summed E-state index contributed by atoms with van der Waals surface area (Å²) in [6.07, 6.45) is 3.40. The van der Waals surface area contributed by atoms with Crippen molar-refractivity contribution in [2.45, 2.75) is 0 Å². The quantitative estimate of drug-likeness (QED) is 0.787. The van der Waals surface area contributed by atoms with Gasteiger partial charge >= 0.3 is 0 Å². The average Bonchev–Trinajstić information content (AvgIpc) is 2.40. The number of rotatable bonds is 4. The highest BCUT2D eigenvalue weighted by atomic mass is 16.5. The Balaban J connectivity index is 2.30. The molecular formula is C12H12N4O. The fourth-order valence-electron chi connectivity index (χ4n) is 1.43. The third-order valence-electron chi connectivity index (χ3n) is 2.28. The van der Waals surface area contributed by atoms with Crippen LogP contribution in [0.5, 0.6) is 5.75 Å². The molecule has 0 spiro atoms. The van der Waals surface area contributed by atoms with Crippen molar-refractivity contribution in [1.29, 1.82) is 5.53 Å². The summed E-state index contributed by atoms with van der Waals surface area (Å²) < 4.78 is 5.08. The molecule has 0 unspecified atom stereocenters. The number of hydrogen-bond donors (Lipinski definition) is 2. The van der Waals surface area contributed by atoms with Crippen LogP contribution in [0.4, 0.5) is 17.1 Å². The third-order valence-corrected chi connectivity index (χ3v) is 2.28. The second-order valence-electron chi connectivity index (χ2n) is 3.36. The van der Waals surface area contributed by atoms with Crippen LogP contribution in [-0.4, -0.2) is 12.1 Å². The first-order valence-corrected chi connectivity index (χ1v) is 5.06. The normalized spacial score (nSPS) is 9.71. The number of methoxy groups -OCH3 is 1.